The number of aromatic nitrogens is 2. The van der Waals surface area contributed by atoms with Crippen LogP contribution in [-0.2, 0) is 11.3 Å². The monoisotopic (exact) mass is 269 g/mol. The molecular formula is C12H23N5O2. The summed E-state index contributed by atoms with van der Waals surface area (Å²) >= 11 is 0. The summed E-state index contributed by atoms with van der Waals surface area (Å²) in [5, 5.41) is 11.4. The number of nitrogens with zero attached hydrogens (tertiary/aromatic N) is 4. The third-order valence-electron chi connectivity index (χ3n) is 3.21. The van der Waals surface area contributed by atoms with Gasteiger partial charge < -0.3 is 24.3 Å². The standard InChI is InChI=1S/C12H23N5O2/c1-16-5-3-6-17(8-7-16)12-15-14-11(19-12)10-13-4-9-18-2/h13H,3-10H2,1-2H3. The van der Waals surface area contributed by atoms with E-state index in [1.165, 1.54) is 0 Å². The maximum absolute atomic E-state index is 5.68. The summed E-state index contributed by atoms with van der Waals surface area (Å²) in [6.45, 7) is 6.12. The van der Waals surface area contributed by atoms with Gasteiger partial charge in [0.1, 0.15) is 0 Å². The van der Waals surface area contributed by atoms with Gasteiger partial charge >= 0.3 is 6.01 Å². The maximum atomic E-state index is 5.68. The molecule has 2 rings (SSSR count). The predicted molar refractivity (Wildman–Crippen MR) is 72.2 cm³/mol. The van der Waals surface area contributed by atoms with Crippen molar-refractivity contribution in [2.24, 2.45) is 0 Å². The molecule has 0 saturated carbocycles. The SMILES string of the molecule is COCCNCc1nnc(N2CCCN(C)CC2)o1. The van der Waals surface area contributed by atoms with Gasteiger partial charge in [-0.2, -0.15) is 0 Å². The van der Waals surface area contributed by atoms with Gasteiger partial charge in [-0.1, -0.05) is 5.10 Å². The number of rotatable bonds is 6. The Morgan fingerprint density at radius 3 is 3.00 bits per heavy atom. The molecule has 0 spiro atoms. The first-order valence-corrected chi connectivity index (χ1v) is 6.75. The Hall–Kier alpha value is -1.18. The molecule has 0 atom stereocenters. The summed E-state index contributed by atoms with van der Waals surface area (Å²) in [6, 6.07) is 0.638. The molecule has 108 valence electrons. The highest BCUT2D eigenvalue weighted by molar-refractivity contribution is 5.24. The van der Waals surface area contributed by atoms with Crippen LogP contribution in [0.3, 0.4) is 0 Å². The number of nitrogens with one attached hydrogen (secondary N) is 1. The van der Waals surface area contributed by atoms with Gasteiger partial charge in [-0.05, 0) is 20.0 Å². The molecule has 7 nitrogen and oxygen atoms in total. The van der Waals surface area contributed by atoms with Gasteiger partial charge in [0.05, 0.1) is 13.2 Å². The lowest BCUT2D eigenvalue weighted by Crippen LogP contribution is -2.28. The van der Waals surface area contributed by atoms with Crippen LogP contribution in [-0.4, -0.2) is 68.6 Å². The van der Waals surface area contributed by atoms with Crippen molar-refractivity contribution in [2.75, 3.05) is 58.4 Å². The predicted octanol–water partition coefficient (Wildman–Crippen LogP) is -0.0525. The van der Waals surface area contributed by atoms with Crippen LogP contribution in [0.15, 0.2) is 4.42 Å². The molecule has 0 aliphatic carbocycles. The zero-order chi connectivity index (χ0) is 13.5. The molecule has 1 aliphatic heterocycles. The summed E-state index contributed by atoms with van der Waals surface area (Å²) in [6.07, 6.45) is 1.13. The van der Waals surface area contributed by atoms with Gasteiger partial charge in [-0.3, -0.25) is 0 Å². The highest BCUT2D eigenvalue weighted by Gasteiger charge is 2.17. The number of hydrogen-bond donors (Lipinski definition) is 1. The zero-order valence-electron chi connectivity index (χ0n) is 11.8. The molecule has 0 amide bonds. The van der Waals surface area contributed by atoms with E-state index in [-0.39, 0.29) is 0 Å². The normalized spacial score (nSPS) is 17.7. The number of methoxy groups -OCH3 is 1. The minimum absolute atomic E-state index is 0.587. The molecule has 7 heteroatoms. The fraction of sp³-hybridized carbons (Fsp3) is 0.833. The van der Waals surface area contributed by atoms with Crippen molar-refractivity contribution >= 4 is 6.01 Å². The fourth-order valence-electron chi connectivity index (χ4n) is 2.05. The Balaban J connectivity index is 1.82. The van der Waals surface area contributed by atoms with Gasteiger partial charge in [0.15, 0.2) is 0 Å². The molecule has 0 unspecified atom stereocenters. The van der Waals surface area contributed by atoms with E-state index in [0.29, 0.717) is 25.1 Å². The van der Waals surface area contributed by atoms with Crippen LogP contribution >= 0.6 is 0 Å². The molecule has 1 N–H and O–H groups in total. The molecule has 19 heavy (non-hydrogen) atoms. The minimum atomic E-state index is 0.587. The topological polar surface area (TPSA) is 66.7 Å². The lowest BCUT2D eigenvalue weighted by molar-refractivity contribution is 0.198. The number of hydrogen-bond acceptors (Lipinski definition) is 7. The van der Waals surface area contributed by atoms with Crippen molar-refractivity contribution in [1.82, 2.24) is 20.4 Å². The number of ether oxygens (including phenoxy) is 1. The van der Waals surface area contributed by atoms with Crippen molar-refractivity contribution in [3.05, 3.63) is 5.89 Å². The molecule has 1 aliphatic rings. The molecule has 1 aromatic rings. The van der Waals surface area contributed by atoms with E-state index < -0.39 is 0 Å². The van der Waals surface area contributed by atoms with Crippen molar-refractivity contribution in [1.29, 1.82) is 0 Å². The highest BCUT2D eigenvalue weighted by Crippen LogP contribution is 2.14. The van der Waals surface area contributed by atoms with Crippen molar-refractivity contribution in [3.63, 3.8) is 0 Å². The first kappa shape index (κ1) is 14.2. The molecule has 0 radical (unpaired) electrons. The highest BCUT2D eigenvalue weighted by atomic mass is 16.5. The summed E-state index contributed by atoms with van der Waals surface area (Å²) in [5.41, 5.74) is 0. The largest absolute Gasteiger partial charge is 0.407 e. The Bertz CT molecular complexity index is 371. The maximum Gasteiger partial charge on any atom is 0.318 e. The van der Waals surface area contributed by atoms with E-state index in [0.717, 1.165) is 39.1 Å². The fourth-order valence-corrected chi connectivity index (χ4v) is 2.05. The summed E-state index contributed by atoms with van der Waals surface area (Å²) < 4.78 is 10.6. The lowest BCUT2D eigenvalue weighted by Gasteiger charge is -2.17. The van der Waals surface area contributed by atoms with Crippen molar-refractivity contribution in [3.8, 4) is 0 Å². The van der Waals surface area contributed by atoms with Crippen LogP contribution in [0.5, 0.6) is 0 Å². The van der Waals surface area contributed by atoms with Crippen LogP contribution in [0.25, 0.3) is 0 Å². The molecule has 2 heterocycles. The second-order valence-corrected chi connectivity index (χ2v) is 4.79. The molecule has 0 aromatic carbocycles. The molecule has 0 bridgehead atoms. The third-order valence-corrected chi connectivity index (χ3v) is 3.21. The van der Waals surface area contributed by atoms with E-state index in [4.69, 9.17) is 9.15 Å². The van der Waals surface area contributed by atoms with Crippen LogP contribution in [0, 0.1) is 0 Å². The second kappa shape index (κ2) is 7.42. The summed E-state index contributed by atoms with van der Waals surface area (Å²) in [4.78, 5) is 4.48. The molecule has 1 fully saturated rings. The molecular weight excluding hydrogens is 246 g/mol. The molecule has 1 aromatic heterocycles. The Kier molecular flexibility index (Phi) is 5.56. The first-order chi connectivity index (χ1) is 9.29. The summed E-state index contributed by atoms with van der Waals surface area (Å²) in [7, 11) is 3.82. The Labute approximate surface area is 113 Å². The van der Waals surface area contributed by atoms with E-state index in [1.807, 2.05) is 0 Å². The van der Waals surface area contributed by atoms with E-state index in [2.05, 4.69) is 32.4 Å². The van der Waals surface area contributed by atoms with Crippen LogP contribution in [0.1, 0.15) is 12.3 Å². The van der Waals surface area contributed by atoms with Crippen molar-refractivity contribution < 1.29 is 9.15 Å². The second-order valence-electron chi connectivity index (χ2n) is 4.79. The number of anilines is 1. The van der Waals surface area contributed by atoms with E-state index in [1.54, 1.807) is 7.11 Å². The minimum Gasteiger partial charge on any atom is -0.407 e. The average Bonchev–Trinajstić information content (AvgIpc) is 2.77. The Morgan fingerprint density at radius 1 is 1.26 bits per heavy atom. The third kappa shape index (κ3) is 4.45. The smallest absolute Gasteiger partial charge is 0.318 e. The van der Waals surface area contributed by atoms with Crippen molar-refractivity contribution in [2.45, 2.75) is 13.0 Å². The van der Waals surface area contributed by atoms with E-state index >= 15 is 0 Å². The van der Waals surface area contributed by atoms with Gasteiger partial charge in [-0.15, -0.1) is 5.10 Å². The lowest BCUT2D eigenvalue weighted by atomic mass is 10.4. The van der Waals surface area contributed by atoms with Crippen LogP contribution < -0.4 is 10.2 Å². The van der Waals surface area contributed by atoms with Gasteiger partial charge in [-0.25, -0.2) is 0 Å². The average molecular weight is 269 g/mol. The molecule has 1 saturated heterocycles. The Morgan fingerprint density at radius 2 is 2.16 bits per heavy atom. The van der Waals surface area contributed by atoms with Gasteiger partial charge in [0.2, 0.25) is 5.89 Å². The summed E-state index contributed by atoms with van der Waals surface area (Å²) in [5.74, 6) is 0.628. The van der Waals surface area contributed by atoms with Crippen LogP contribution in [0.2, 0.25) is 0 Å². The zero-order valence-corrected chi connectivity index (χ0v) is 11.8. The van der Waals surface area contributed by atoms with E-state index in [9.17, 15) is 0 Å². The van der Waals surface area contributed by atoms with Gasteiger partial charge in [0, 0.05) is 33.3 Å². The first-order valence-electron chi connectivity index (χ1n) is 6.75. The van der Waals surface area contributed by atoms with Gasteiger partial charge in [0.25, 0.3) is 0 Å². The quantitative estimate of drug-likeness (QED) is 0.726. The number of likely N-dealkylation sites (N-methyl/N-ethyl adjacent to an activating group) is 1. The van der Waals surface area contributed by atoms with Crippen LogP contribution in [0.4, 0.5) is 6.01 Å².